The Labute approximate surface area is 117 Å². The SMILES string of the molecule is CNC(CN(C)CC1CCCN1C)c1ccccc1. The lowest BCUT2D eigenvalue weighted by Gasteiger charge is -2.29. The van der Waals surface area contributed by atoms with Gasteiger partial charge in [0.05, 0.1) is 0 Å². The van der Waals surface area contributed by atoms with E-state index in [2.05, 4.69) is 59.5 Å². The highest BCUT2D eigenvalue weighted by molar-refractivity contribution is 5.19. The number of hydrogen-bond donors (Lipinski definition) is 1. The van der Waals surface area contributed by atoms with Gasteiger partial charge in [0.25, 0.3) is 0 Å². The molecule has 1 aliphatic heterocycles. The quantitative estimate of drug-likeness (QED) is 0.844. The van der Waals surface area contributed by atoms with Crippen molar-refractivity contribution in [1.29, 1.82) is 0 Å². The van der Waals surface area contributed by atoms with Crippen molar-refractivity contribution in [3.8, 4) is 0 Å². The molecular weight excluding hydrogens is 234 g/mol. The van der Waals surface area contributed by atoms with Crippen LogP contribution in [-0.4, -0.2) is 56.6 Å². The van der Waals surface area contributed by atoms with E-state index in [0.29, 0.717) is 6.04 Å². The van der Waals surface area contributed by atoms with E-state index in [1.54, 1.807) is 0 Å². The first-order chi connectivity index (χ1) is 9.20. The highest BCUT2D eigenvalue weighted by Gasteiger charge is 2.23. The maximum Gasteiger partial charge on any atom is 0.0446 e. The second kappa shape index (κ2) is 7.04. The fourth-order valence-electron chi connectivity index (χ4n) is 3.00. The van der Waals surface area contributed by atoms with E-state index >= 15 is 0 Å². The highest BCUT2D eigenvalue weighted by Crippen LogP contribution is 2.17. The molecule has 1 aromatic rings. The number of benzene rings is 1. The third-order valence-corrected chi connectivity index (χ3v) is 4.24. The number of nitrogens with one attached hydrogen (secondary N) is 1. The van der Waals surface area contributed by atoms with Crippen molar-refractivity contribution in [2.45, 2.75) is 24.9 Å². The first-order valence-electron chi connectivity index (χ1n) is 7.31. The van der Waals surface area contributed by atoms with Gasteiger partial charge in [-0.2, -0.15) is 0 Å². The maximum absolute atomic E-state index is 3.43. The highest BCUT2D eigenvalue weighted by atomic mass is 15.2. The van der Waals surface area contributed by atoms with Crippen molar-refractivity contribution >= 4 is 0 Å². The topological polar surface area (TPSA) is 18.5 Å². The van der Waals surface area contributed by atoms with Crippen LogP contribution in [0.1, 0.15) is 24.4 Å². The van der Waals surface area contributed by atoms with Gasteiger partial charge in [-0.15, -0.1) is 0 Å². The summed E-state index contributed by atoms with van der Waals surface area (Å²) < 4.78 is 0. The average molecular weight is 261 g/mol. The van der Waals surface area contributed by atoms with Gasteiger partial charge < -0.3 is 15.1 Å². The van der Waals surface area contributed by atoms with Gasteiger partial charge in [-0.05, 0) is 46.1 Å². The molecule has 1 heterocycles. The van der Waals surface area contributed by atoms with E-state index in [1.165, 1.54) is 31.5 Å². The van der Waals surface area contributed by atoms with Crippen LogP contribution in [0.15, 0.2) is 30.3 Å². The predicted molar refractivity (Wildman–Crippen MR) is 81.4 cm³/mol. The molecule has 0 spiro atoms. The van der Waals surface area contributed by atoms with E-state index < -0.39 is 0 Å². The molecule has 0 aromatic heterocycles. The molecule has 3 heteroatoms. The normalized spacial score (nSPS) is 22.0. The van der Waals surface area contributed by atoms with E-state index in [9.17, 15) is 0 Å². The Balaban J connectivity index is 1.87. The van der Waals surface area contributed by atoms with Crippen LogP contribution in [0, 0.1) is 0 Å². The largest absolute Gasteiger partial charge is 0.312 e. The van der Waals surface area contributed by atoms with E-state index in [4.69, 9.17) is 0 Å². The molecule has 3 nitrogen and oxygen atoms in total. The van der Waals surface area contributed by atoms with Crippen molar-refractivity contribution in [3.63, 3.8) is 0 Å². The molecule has 106 valence electrons. The molecule has 0 amide bonds. The summed E-state index contributed by atoms with van der Waals surface area (Å²) in [6.07, 6.45) is 2.69. The van der Waals surface area contributed by atoms with Gasteiger partial charge in [-0.25, -0.2) is 0 Å². The van der Waals surface area contributed by atoms with Gasteiger partial charge >= 0.3 is 0 Å². The molecule has 1 aliphatic rings. The fourth-order valence-corrected chi connectivity index (χ4v) is 3.00. The van der Waals surface area contributed by atoms with Crippen LogP contribution < -0.4 is 5.32 Å². The summed E-state index contributed by atoms with van der Waals surface area (Å²) in [7, 11) is 6.53. The molecule has 1 aromatic carbocycles. The number of hydrogen-bond acceptors (Lipinski definition) is 3. The number of rotatable bonds is 6. The number of likely N-dealkylation sites (tertiary alicyclic amines) is 1. The van der Waals surface area contributed by atoms with E-state index in [0.717, 1.165) is 12.6 Å². The third kappa shape index (κ3) is 4.03. The minimum atomic E-state index is 0.415. The zero-order chi connectivity index (χ0) is 13.7. The molecule has 1 fully saturated rings. The third-order valence-electron chi connectivity index (χ3n) is 4.24. The van der Waals surface area contributed by atoms with Crippen LogP contribution in [0.3, 0.4) is 0 Å². The second-order valence-electron chi connectivity index (χ2n) is 5.75. The van der Waals surface area contributed by atoms with Gasteiger partial charge in [0.15, 0.2) is 0 Å². The Kier molecular flexibility index (Phi) is 5.37. The van der Waals surface area contributed by atoms with Crippen molar-refractivity contribution in [2.24, 2.45) is 0 Å². The van der Waals surface area contributed by atoms with Crippen molar-refractivity contribution < 1.29 is 0 Å². The summed E-state index contributed by atoms with van der Waals surface area (Å²) >= 11 is 0. The smallest absolute Gasteiger partial charge is 0.0446 e. The Bertz CT molecular complexity index is 366. The lowest BCUT2D eigenvalue weighted by atomic mass is 10.1. The van der Waals surface area contributed by atoms with Crippen molar-refractivity contribution in [1.82, 2.24) is 15.1 Å². The van der Waals surface area contributed by atoms with Crippen molar-refractivity contribution in [2.75, 3.05) is 40.8 Å². The molecule has 2 unspecified atom stereocenters. The summed E-state index contributed by atoms with van der Waals surface area (Å²) in [5.41, 5.74) is 1.37. The van der Waals surface area contributed by atoms with Gasteiger partial charge in [-0.1, -0.05) is 30.3 Å². The zero-order valence-electron chi connectivity index (χ0n) is 12.5. The van der Waals surface area contributed by atoms with Gasteiger partial charge in [0.2, 0.25) is 0 Å². The molecule has 0 bridgehead atoms. The molecule has 0 radical (unpaired) electrons. The summed E-state index contributed by atoms with van der Waals surface area (Å²) in [4.78, 5) is 4.95. The molecule has 1 N–H and O–H groups in total. The van der Waals surface area contributed by atoms with Crippen LogP contribution in [0.2, 0.25) is 0 Å². The molecule has 2 rings (SSSR count). The second-order valence-corrected chi connectivity index (χ2v) is 5.75. The molecular formula is C16H27N3. The Morgan fingerprint density at radius 2 is 2.11 bits per heavy atom. The monoisotopic (exact) mass is 261 g/mol. The first kappa shape index (κ1) is 14.5. The minimum absolute atomic E-state index is 0.415. The van der Waals surface area contributed by atoms with Crippen molar-refractivity contribution in [3.05, 3.63) is 35.9 Å². The van der Waals surface area contributed by atoms with E-state index in [-0.39, 0.29) is 0 Å². The molecule has 1 saturated heterocycles. The van der Waals surface area contributed by atoms with Crippen LogP contribution in [0.5, 0.6) is 0 Å². The Morgan fingerprint density at radius 1 is 1.37 bits per heavy atom. The molecule has 19 heavy (non-hydrogen) atoms. The van der Waals surface area contributed by atoms with Gasteiger partial charge in [0.1, 0.15) is 0 Å². The lowest BCUT2D eigenvalue weighted by Crippen LogP contribution is -2.40. The van der Waals surface area contributed by atoms with Gasteiger partial charge in [0, 0.05) is 25.2 Å². The predicted octanol–water partition coefficient (Wildman–Crippen LogP) is 1.97. The minimum Gasteiger partial charge on any atom is -0.312 e. The van der Waals surface area contributed by atoms with Crippen LogP contribution in [0.25, 0.3) is 0 Å². The molecule has 0 aliphatic carbocycles. The Morgan fingerprint density at radius 3 is 2.68 bits per heavy atom. The molecule has 0 saturated carbocycles. The maximum atomic E-state index is 3.43. The number of nitrogens with zero attached hydrogens (tertiary/aromatic N) is 2. The Hall–Kier alpha value is -0.900. The fraction of sp³-hybridized carbons (Fsp3) is 0.625. The summed E-state index contributed by atoms with van der Waals surface area (Å²) in [6.45, 7) is 3.49. The summed E-state index contributed by atoms with van der Waals surface area (Å²) in [6, 6.07) is 11.9. The van der Waals surface area contributed by atoms with Crippen LogP contribution >= 0.6 is 0 Å². The number of likely N-dealkylation sites (N-methyl/N-ethyl adjacent to an activating group) is 3. The molecule has 2 atom stereocenters. The van der Waals surface area contributed by atoms with E-state index in [1.807, 2.05) is 7.05 Å². The zero-order valence-corrected chi connectivity index (χ0v) is 12.5. The summed E-state index contributed by atoms with van der Waals surface area (Å²) in [5.74, 6) is 0. The van der Waals surface area contributed by atoms with Crippen LogP contribution in [-0.2, 0) is 0 Å². The first-order valence-corrected chi connectivity index (χ1v) is 7.31. The van der Waals surface area contributed by atoms with Crippen LogP contribution in [0.4, 0.5) is 0 Å². The standard InChI is InChI=1S/C16H27N3/c1-17-16(14-8-5-4-6-9-14)13-18(2)12-15-10-7-11-19(15)3/h4-6,8-9,15-17H,7,10-13H2,1-3H3. The summed E-state index contributed by atoms with van der Waals surface area (Å²) in [5, 5.41) is 3.43. The van der Waals surface area contributed by atoms with Gasteiger partial charge in [-0.3, -0.25) is 0 Å². The average Bonchev–Trinajstić information content (AvgIpc) is 2.82. The lowest BCUT2D eigenvalue weighted by molar-refractivity contribution is 0.208.